The molecular formula is C8H8N2Na2O6P2S. The number of rotatable bonds is 4. The molecule has 0 fully saturated rings. The molecule has 0 saturated heterocycles. The van der Waals surface area contributed by atoms with Gasteiger partial charge in [0.1, 0.15) is 0 Å². The first kappa shape index (κ1) is 22.2. The first-order valence-electron chi connectivity index (χ1n) is 4.87. The molecule has 3 N–H and O–H groups in total. The molecule has 1 atom stereocenters. The maximum Gasteiger partial charge on any atom is 1.00 e. The molecule has 0 radical (unpaired) electrons. The van der Waals surface area contributed by atoms with Crippen molar-refractivity contribution in [1.82, 2.24) is 4.98 Å². The van der Waals surface area contributed by atoms with Crippen molar-refractivity contribution < 1.29 is 87.8 Å². The summed E-state index contributed by atoms with van der Waals surface area (Å²) in [5.41, 5.74) is -1.98. The molecule has 2 rings (SSSR count). The number of hydrogen-bond acceptors (Lipinski definition) is 7. The quantitative estimate of drug-likeness (QED) is 0.357. The monoisotopic (exact) mass is 368 g/mol. The number of hydrogen-bond donors (Lipinski definition) is 3. The third kappa shape index (κ3) is 5.97. The summed E-state index contributed by atoms with van der Waals surface area (Å²) in [4.78, 5) is 43.5. The van der Waals surface area contributed by atoms with Gasteiger partial charge in [-0.3, -0.25) is 4.57 Å². The van der Waals surface area contributed by atoms with Crippen molar-refractivity contribution in [3.8, 4) is 0 Å². The molecule has 13 heteroatoms. The number of para-hydroxylation sites is 1. The minimum absolute atomic E-state index is 0. The average molecular weight is 368 g/mol. The van der Waals surface area contributed by atoms with Crippen molar-refractivity contribution in [2.24, 2.45) is 0 Å². The summed E-state index contributed by atoms with van der Waals surface area (Å²) in [5, 5.41) is 1.96. The summed E-state index contributed by atoms with van der Waals surface area (Å²) in [5.74, 6) is 0. The van der Waals surface area contributed by atoms with Gasteiger partial charge in [-0.2, -0.15) is 0 Å². The molecule has 8 nitrogen and oxygen atoms in total. The van der Waals surface area contributed by atoms with E-state index in [-0.39, 0.29) is 64.2 Å². The van der Waals surface area contributed by atoms with Crippen molar-refractivity contribution in [1.29, 1.82) is 0 Å². The van der Waals surface area contributed by atoms with Crippen LogP contribution in [0.5, 0.6) is 0 Å². The van der Waals surface area contributed by atoms with Gasteiger partial charge in [0.25, 0.3) is 0 Å². The van der Waals surface area contributed by atoms with E-state index in [1.54, 1.807) is 24.3 Å². The third-order valence-electron chi connectivity index (χ3n) is 2.16. The maximum atomic E-state index is 11.0. The van der Waals surface area contributed by atoms with Gasteiger partial charge >= 0.3 is 66.7 Å². The van der Waals surface area contributed by atoms with E-state index >= 15 is 0 Å². The van der Waals surface area contributed by atoms with Gasteiger partial charge in [-0.1, -0.05) is 23.5 Å². The molecule has 1 heterocycles. The van der Waals surface area contributed by atoms with Gasteiger partial charge < -0.3 is 29.5 Å². The van der Waals surface area contributed by atoms with Crippen molar-refractivity contribution in [3.63, 3.8) is 0 Å². The molecule has 0 spiro atoms. The second kappa shape index (κ2) is 8.35. The predicted molar refractivity (Wildman–Crippen MR) is 66.7 cm³/mol. The van der Waals surface area contributed by atoms with Crippen LogP contribution in [-0.4, -0.2) is 20.3 Å². The Bertz CT molecular complexity index is 646. The van der Waals surface area contributed by atoms with Gasteiger partial charge in [0.15, 0.2) is 10.7 Å². The number of thiazole rings is 1. The van der Waals surface area contributed by atoms with E-state index < -0.39 is 20.7 Å². The smallest absolute Gasteiger partial charge is 0.809 e. The molecule has 1 aromatic carbocycles. The van der Waals surface area contributed by atoms with E-state index in [9.17, 15) is 18.9 Å². The summed E-state index contributed by atoms with van der Waals surface area (Å²) in [6.07, 6.45) is 0. The van der Waals surface area contributed by atoms with Crippen LogP contribution in [0.25, 0.3) is 10.2 Å². The van der Waals surface area contributed by atoms with Gasteiger partial charge in [-0.25, -0.2) is 4.98 Å². The fourth-order valence-corrected chi connectivity index (χ4v) is 4.51. The molecule has 1 unspecified atom stereocenters. The second-order valence-electron chi connectivity index (χ2n) is 3.63. The number of nitrogens with zero attached hydrogens (tertiary/aromatic N) is 1. The molecule has 1 aromatic heterocycles. The first-order chi connectivity index (χ1) is 8.68. The Morgan fingerprint density at radius 2 is 1.76 bits per heavy atom. The molecule has 2 aromatic rings. The molecule has 0 bridgehead atoms. The predicted octanol–water partition coefficient (Wildman–Crippen LogP) is -5.91. The number of aromatic nitrogens is 1. The fourth-order valence-electron chi connectivity index (χ4n) is 1.39. The first-order valence-corrected chi connectivity index (χ1v) is 8.98. The summed E-state index contributed by atoms with van der Waals surface area (Å²) >= 11 is 0.993. The fraction of sp³-hybridized carbons (Fsp3) is 0.125. The summed E-state index contributed by atoms with van der Waals surface area (Å²) < 4.78 is 22.6. The van der Waals surface area contributed by atoms with E-state index in [0.29, 0.717) is 10.2 Å². The molecule has 0 saturated carbocycles. The zero-order chi connectivity index (χ0) is 14.3. The van der Waals surface area contributed by atoms with Gasteiger partial charge in [0, 0.05) is 0 Å². The van der Waals surface area contributed by atoms with Crippen LogP contribution in [0.15, 0.2) is 24.3 Å². The number of anilines is 1. The van der Waals surface area contributed by atoms with Gasteiger partial charge in [0.2, 0.25) is 0 Å². The Balaban J connectivity index is 0.00000200. The molecule has 21 heavy (non-hydrogen) atoms. The number of fused-ring (bicyclic) bond motifs is 1. The second-order valence-corrected chi connectivity index (χ2v) is 8.36. The van der Waals surface area contributed by atoms with Crippen LogP contribution in [0, 0.1) is 0 Å². The molecule has 0 aliphatic carbocycles. The van der Waals surface area contributed by atoms with Crippen molar-refractivity contribution in [2.45, 2.75) is 5.52 Å². The van der Waals surface area contributed by atoms with Crippen molar-refractivity contribution >= 4 is 41.9 Å². The van der Waals surface area contributed by atoms with Crippen molar-refractivity contribution in [2.75, 3.05) is 5.32 Å². The van der Waals surface area contributed by atoms with Gasteiger partial charge in [-0.15, -0.1) is 0 Å². The molecular weight excluding hydrogens is 360 g/mol. The normalized spacial score (nSPS) is 13.1. The number of nitrogens with one attached hydrogen (secondary N) is 1. The van der Waals surface area contributed by atoms with E-state index in [2.05, 4.69) is 4.98 Å². The van der Waals surface area contributed by atoms with E-state index in [0.717, 1.165) is 11.3 Å². The minimum Gasteiger partial charge on any atom is -0.809 e. The Morgan fingerprint density at radius 3 is 2.24 bits per heavy atom. The Labute approximate surface area is 168 Å². The third-order valence-corrected chi connectivity index (χ3v) is 6.38. The Kier molecular flexibility index (Phi) is 8.83. The molecule has 0 aliphatic heterocycles. The van der Waals surface area contributed by atoms with E-state index in [4.69, 9.17) is 9.79 Å². The Morgan fingerprint density at radius 1 is 1.19 bits per heavy atom. The SMILES string of the molecule is O=P([O-])([O-])C(Nc1nc2ccccc2s1)P(=O)(O)O.[Na+].[Na+]. The average Bonchev–Trinajstić information content (AvgIpc) is 2.65. The zero-order valence-electron chi connectivity index (χ0n) is 11.2. The summed E-state index contributed by atoms with van der Waals surface area (Å²) in [6, 6.07) is 6.80. The summed E-state index contributed by atoms with van der Waals surface area (Å²) in [6.45, 7) is 0. The van der Waals surface area contributed by atoms with Crippen LogP contribution in [0.4, 0.5) is 5.13 Å². The van der Waals surface area contributed by atoms with Crippen molar-refractivity contribution in [3.05, 3.63) is 24.3 Å². The zero-order valence-corrected chi connectivity index (χ0v) is 17.8. The topological polar surface area (TPSA) is 146 Å². The minimum atomic E-state index is -5.51. The molecule has 0 amide bonds. The van der Waals surface area contributed by atoms with Crippen LogP contribution in [-0.2, 0) is 9.13 Å². The maximum absolute atomic E-state index is 11.0. The summed E-state index contributed by atoms with van der Waals surface area (Å²) in [7, 11) is -10.7. The van der Waals surface area contributed by atoms with Crippen LogP contribution in [0.2, 0.25) is 0 Å². The van der Waals surface area contributed by atoms with Crippen LogP contribution in [0.3, 0.4) is 0 Å². The largest absolute Gasteiger partial charge is 1.00 e. The van der Waals surface area contributed by atoms with Crippen LogP contribution >= 0.6 is 26.5 Å². The van der Waals surface area contributed by atoms with E-state index in [1.165, 1.54) is 0 Å². The standard InChI is InChI=1S/C8H10N2O6P2S.2Na/c11-17(12,13)8(18(14,15)16)10-7-9-5-3-1-2-4-6(5)19-7;;/h1-4,8H,(H,9,10)(H2,11,12,13)(H2,14,15,16);;/q;2*+1/p-2. The van der Waals surface area contributed by atoms with Crippen LogP contribution in [0.1, 0.15) is 0 Å². The molecule has 0 aliphatic rings. The van der Waals surface area contributed by atoms with Crippen LogP contribution < -0.4 is 74.2 Å². The molecule has 104 valence electrons. The van der Waals surface area contributed by atoms with Gasteiger partial charge in [-0.05, 0) is 19.7 Å². The Hall–Kier alpha value is 1.21. The van der Waals surface area contributed by atoms with E-state index in [1.807, 2.05) is 5.32 Å². The van der Waals surface area contributed by atoms with Gasteiger partial charge in [0.05, 0.1) is 10.2 Å². The number of benzene rings is 1.